The standard InChI is InChI=1S/C10H6BrClO2S/c11-6-3-7(15-5-6)4-8(13)9-1-2-10(12)14-9/h1-3,5H,4H2. The number of ketones is 1. The second-order valence-electron chi connectivity index (χ2n) is 2.93. The van der Waals surface area contributed by atoms with E-state index in [1.54, 1.807) is 12.1 Å². The molecule has 2 aromatic heterocycles. The van der Waals surface area contributed by atoms with Gasteiger partial charge in [0.05, 0.1) is 0 Å². The molecule has 2 rings (SSSR count). The first kappa shape index (κ1) is 10.9. The molecule has 0 aliphatic carbocycles. The zero-order valence-electron chi connectivity index (χ0n) is 7.50. The number of rotatable bonds is 3. The summed E-state index contributed by atoms with van der Waals surface area (Å²) in [6.07, 6.45) is 0.347. The van der Waals surface area contributed by atoms with E-state index >= 15 is 0 Å². The predicted octanol–water partition coefficient (Wildman–Crippen LogP) is 4.18. The number of furan rings is 1. The van der Waals surface area contributed by atoms with E-state index in [-0.39, 0.29) is 11.0 Å². The van der Waals surface area contributed by atoms with Crippen LogP contribution < -0.4 is 0 Å². The molecule has 0 bridgehead atoms. The van der Waals surface area contributed by atoms with Gasteiger partial charge in [-0.25, -0.2) is 0 Å². The van der Waals surface area contributed by atoms with Gasteiger partial charge in [-0.2, -0.15) is 0 Å². The van der Waals surface area contributed by atoms with Crippen LogP contribution in [0.15, 0.2) is 32.5 Å². The van der Waals surface area contributed by atoms with E-state index in [1.807, 2.05) is 11.4 Å². The first-order valence-electron chi connectivity index (χ1n) is 4.16. The van der Waals surface area contributed by atoms with Crippen LogP contribution in [-0.2, 0) is 6.42 Å². The van der Waals surface area contributed by atoms with Crippen LogP contribution in [0, 0.1) is 0 Å². The van der Waals surface area contributed by atoms with E-state index in [4.69, 9.17) is 16.0 Å². The highest BCUT2D eigenvalue weighted by Crippen LogP contribution is 2.22. The van der Waals surface area contributed by atoms with Crippen LogP contribution in [0.5, 0.6) is 0 Å². The molecule has 0 aliphatic rings. The topological polar surface area (TPSA) is 30.2 Å². The van der Waals surface area contributed by atoms with Gasteiger partial charge in [0.1, 0.15) is 0 Å². The van der Waals surface area contributed by atoms with Gasteiger partial charge < -0.3 is 4.42 Å². The van der Waals surface area contributed by atoms with Gasteiger partial charge in [-0.1, -0.05) is 0 Å². The van der Waals surface area contributed by atoms with Crippen LogP contribution in [0.1, 0.15) is 15.4 Å². The fourth-order valence-corrected chi connectivity index (χ4v) is 2.75. The van der Waals surface area contributed by atoms with Gasteiger partial charge in [0.2, 0.25) is 5.78 Å². The average molecular weight is 306 g/mol. The maximum Gasteiger partial charge on any atom is 0.203 e. The predicted molar refractivity (Wildman–Crippen MR) is 63.8 cm³/mol. The van der Waals surface area contributed by atoms with Crippen LogP contribution >= 0.6 is 38.9 Å². The highest BCUT2D eigenvalue weighted by Gasteiger charge is 2.12. The largest absolute Gasteiger partial charge is 0.442 e. The Kier molecular flexibility index (Phi) is 3.29. The lowest BCUT2D eigenvalue weighted by Crippen LogP contribution is -1.99. The molecule has 0 unspecified atom stereocenters. The van der Waals surface area contributed by atoms with Crippen LogP contribution in [-0.4, -0.2) is 5.78 Å². The normalized spacial score (nSPS) is 10.5. The average Bonchev–Trinajstić information content (AvgIpc) is 2.75. The van der Waals surface area contributed by atoms with Crippen LogP contribution in [0.3, 0.4) is 0 Å². The summed E-state index contributed by atoms with van der Waals surface area (Å²) in [4.78, 5) is 12.7. The molecule has 0 fully saturated rings. The minimum absolute atomic E-state index is 0.0590. The molecule has 0 aliphatic heterocycles. The highest BCUT2D eigenvalue weighted by molar-refractivity contribution is 9.10. The van der Waals surface area contributed by atoms with Gasteiger partial charge in [0, 0.05) is 21.2 Å². The molecule has 15 heavy (non-hydrogen) atoms. The van der Waals surface area contributed by atoms with Crippen molar-refractivity contribution in [2.45, 2.75) is 6.42 Å². The van der Waals surface area contributed by atoms with E-state index in [0.29, 0.717) is 12.2 Å². The van der Waals surface area contributed by atoms with Gasteiger partial charge in [-0.3, -0.25) is 4.79 Å². The van der Waals surface area contributed by atoms with Gasteiger partial charge >= 0.3 is 0 Å². The van der Waals surface area contributed by atoms with Crippen molar-refractivity contribution in [2.24, 2.45) is 0 Å². The molecular formula is C10H6BrClO2S. The second-order valence-corrected chi connectivity index (χ2v) is 5.22. The lowest BCUT2D eigenvalue weighted by atomic mass is 10.2. The van der Waals surface area contributed by atoms with E-state index < -0.39 is 0 Å². The molecule has 0 radical (unpaired) electrons. The fraction of sp³-hybridized carbons (Fsp3) is 0.100. The van der Waals surface area contributed by atoms with Gasteiger partial charge in [0.15, 0.2) is 11.0 Å². The number of hydrogen-bond donors (Lipinski definition) is 0. The molecular weight excluding hydrogens is 300 g/mol. The first-order valence-corrected chi connectivity index (χ1v) is 6.21. The summed E-state index contributed by atoms with van der Waals surface area (Å²) in [5.74, 6) is 0.251. The summed E-state index contributed by atoms with van der Waals surface area (Å²) in [7, 11) is 0. The molecule has 0 aromatic carbocycles. The Hall–Kier alpha value is -0.580. The Bertz CT molecular complexity index is 489. The Balaban J connectivity index is 2.10. The molecule has 0 saturated heterocycles. The number of Topliss-reactive ketones (excluding diaryl/α,β-unsaturated/α-hetero) is 1. The first-order chi connectivity index (χ1) is 7.15. The van der Waals surface area contributed by atoms with Crippen LogP contribution in [0.25, 0.3) is 0 Å². The molecule has 2 aromatic rings. The maximum absolute atomic E-state index is 11.7. The molecule has 0 saturated carbocycles. The van der Waals surface area contributed by atoms with Crippen LogP contribution in [0.2, 0.25) is 5.22 Å². The van der Waals surface area contributed by atoms with Crippen molar-refractivity contribution in [3.8, 4) is 0 Å². The van der Waals surface area contributed by atoms with Crippen molar-refractivity contribution in [1.82, 2.24) is 0 Å². The van der Waals surface area contributed by atoms with Gasteiger partial charge in [-0.15, -0.1) is 11.3 Å². The highest BCUT2D eigenvalue weighted by atomic mass is 79.9. The number of hydrogen-bond acceptors (Lipinski definition) is 3. The van der Waals surface area contributed by atoms with Gasteiger partial charge in [0.25, 0.3) is 0 Å². The third kappa shape index (κ3) is 2.71. The van der Waals surface area contributed by atoms with E-state index in [0.717, 1.165) is 9.35 Å². The summed E-state index contributed by atoms with van der Waals surface area (Å²) in [6, 6.07) is 5.08. The molecule has 0 atom stereocenters. The van der Waals surface area contributed by atoms with Crippen molar-refractivity contribution < 1.29 is 9.21 Å². The second kappa shape index (κ2) is 4.51. The number of halogens is 2. The Labute approximate surface area is 104 Å². The Morgan fingerprint density at radius 1 is 1.53 bits per heavy atom. The molecule has 2 heterocycles. The molecule has 0 amide bonds. The van der Waals surface area contributed by atoms with Crippen molar-refractivity contribution in [2.75, 3.05) is 0 Å². The zero-order valence-corrected chi connectivity index (χ0v) is 10.7. The third-order valence-corrected chi connectivity index (χ3v) is 3.71. The number of thiophene rings is 1. The van der Waals surface area contributed by atoms with Crippen molar-refractivity contribution in [3.05, 3.63) is 43.9 Å². The molecule has 2 nitrogen and oxygen atoms in total. The summed E-state index contributed by atoms with van der Waals surface area (Å²) in [5, 5.41) is 2.18. The quantitative estimate of drug-likeness (QED) is 0.796. The van der Waals surface area contributed by atoms with Crippen molar-refractivity contribution >= 4 is 44.7 Å². The summed E-state index contributed by atoms with van der Waals surface area (Å²) in [5.41, 5.74) is 0. The van der Waals surface area contributed by atoms with Crippen molar-refractivity contribution in [3.63, 3.8) is 0 Å². The molecule has 0 spiro atoms. The molecule has 78 valence electrons. The number of carbonyl (C=O) groups excluding carboxylic acids is 1. The lowest BCUT2D eigenvalue weighted by molar-refractivity contribution is 0.0967. The summed E-state index contributed by atoms with van der Waals surface area (Å²) < 4.78 is 6.03. The zero-order chi connectivity index (χ0) is 10.8. The van der Waals surface area contributed by atoms with E-state index in [1.165, 1.54) is 11.3 Å². The Morgan fingerprint density at radius 2 is 2.33 bits per heavy atom. The molecule has 5 heteroatoms. The minimum Gasteiger partial charge on any atom is -0.442 e. The van der Waals surface area contributed by atoms with Gasteiger partial charge in [-0.05, 0) is 45.7 Å². The molecule has 0 N–H and O–H groups in total. The van der Waals surface area contributed by atoms with Crippen molar-refractivity contribution in [1.29, 1.82) is 0 Å². The number of carbonyl (C=O) groups is 1. The van der Waals surface area contributed by atoms with E-state index in [9.17, 15) is 4.79 Å². The van der Waals surface area contributed by atoms with Crippen LogP contribution in [0.4, 0.5) is 0 Å². The third-order valence-electron chi connectivity index (χ3n) is 1.80. The summed E-state index contributed by atoms with van der Waals surface area (Å²) in [6.45, 7) is 0. The SMILES string of the molecule is O=C(Cc1cc(Br)cs1)c1ccc(Cl)o1. The minimum atomic E-state index is -0.0590. The lowest BCUT2D eigenvalue weighted by Gasteiger charge is -1.93. The monoisotopic (exact) mass is 304 g/mol. The fourth-order valence-electron chi connectivity index (χ4n) is 1.16. The Morgan fingerprint density at radius 3 is 2.87 bits per heavy atom. The smallest absolute Gasteiger partial charge is 0.203 e. The summed E-state index contributed by atoms with van der Waals surface area (Å²) >= 11 is 10.5. The van der Waals surface area contributed by atoms with E-state index in [2.05, 4.69) is 15.9 Å². The maximum atomic E-state index is 11.7.